The summed E-state index contributed by atoms with van der Waals surface area (Å²) in [6.07, 6.45) is -3.63. The summed E-state index contributed by atoms with van der Waals surface area (Å²) in [5.74, 6) is 0.758. The van der Waals surface area contributed by atoms with Gasteiger partial charge in [-0.15, -0.1) is 0 Å². The highest BCUT2D eigenvalue weighted by atomic mass is 19.4. The van der Waals surface area contributed by atoms with Crippen LogP contribution in [0.25, 0.3) is 0 Å². The van der Waals surface area contributed by atoms with Gasteiger partial charge in [-0.1, -0.05) is 18.2 Å². The third kappa shape index (κ3) is 2.68. The van der Waals surface area contributed by atoms with E-state index < -0.39 is 11.7 Å². The molecule has 1 atom stereocenters. The van der Waals surface area contributed by atoms with Crippen LogP contribution in [-0.4, -0.2) is 7.11 Å². The molecule has 1 aliphatic rings. The molecule has 2 nitrogen and oxygen atoms in total. The molecule has 5 heteroatoms. The van der Waals surface area contributed by atoms with Crippen LogP contribution in [-0.2, 0) is 12.6 Å². The van der Waals surface area contributed by atoms with Crippen LogP contribution in [0.4, 0.5) is 18.9 Å². The Kier molecular flexibility index (Phi) is 3.27. The summed E-state index contributed by atoms with van der Waals surface area (Å²) >= 11 is 0. The predicted molar refractivity (Wildman–Crippen MR) is 74.5 cm³/mol. The first-order chi connectivity index (χ1) is 9.97. The number of alkyl halides is 3. The molecule has 1 unspecified atom stereocenters. The minimum absolute atomic E-state index is 0.00519. The van der Waals surface area contributed by atoms with Crippen LogP contribution in [0.2, 0.25) is 0 Å². The molecule has 0 amide bonds. The minimum Gasteiger partial charge on any atom is -0.497 e. The summed E-state index contributed by atoms with van der Waals surface area (Å²) in [5.41, 5.74) is 1.87. The number of methoxy groups -OCH3 is 1. The van der Waals surface area contributed by atoms with Gasteiger partial charge in [0, 0.05) is 5.69 Å². The molecule has 0 aromatic heterocycles. The van der Waals surface area contributed by atoms with E-state index in [-0.39, 0.29) is 6.04 Å². The topological polar surface area (TPSA) is 21.3 Å². The zero-order valence-electron chi connectivity index (χ0n) is 11.4. The van der Waals surface area contributed by atoms with Crippen molar-refractivity contribution < 1.29 is 17.9 Å². The van der Waals surface area contributed by atoms with Gasteiger partial charge in [0.15, 0.2) is 0 Å². The summed E-state index contributed by atoms with van der Waals surface area (Å²) in [4.78, 5) is 0. The van der Waals surface area contributed by atoms with Crippen molar-refractivity contribution in [2.45, 2.75) is 18.6 Å². The molecule has 21 heavy (non-hydrogen) atoms. The highest BCUT2D eigenvalue weighted by Gasteiger charge is 2.32. The van der Waals surface area contributed by atoms with Crippen LogP contribution in [0.1, 0.15) is 22.7 Å². The van der Waals surface area contributed by atoms with Crippen LogP contribution >= 0.6 is 0 Å². The highest BCUT2D eigenvalue weighted by Crippen LogP contribution is 2.38. The quantitative estimate of drug-likeness (QED) is 0.884. The van der Waals surface area contributed by atoms with Crippen LogP contribution in [0.3, 0.4) is 0 Å². The standard InChI is InChI=1S/C16H14F3NO/c1-21-13-6-3-10(4-7-13)14-8-11-2-5-12(16(17,18)19)9-15(11)20-14/h2-7,9,14,20H,8H2,1H3. The molecule has 0 saturated carbocycles. The van der Waals surface area contributed by atoms with Crippen molar-refractivity contribution in [1.29, 1.82) is 0 Å². The molecular weight excluding hydrogens is 279 g/mol. The van der Waals surface area contributed by atoms with Gasteiger partial charge in [-0.25, -0.2) is 0 Å². The van der Waals surface area contributed by atoms with Crippen LogP contribution in [0.5, 0.6) is 5.75 Å². The summed E-state index contributed by atoms with van der Waals surface area (Å²) in [7, 11) is 1.59. The van der Waals surface area contributed by atoms with Crippen LogP contribution in [0.15, 0.2) is 42.5 Å². The van der Waals surface area contributed by atoms with Gasteiger partial charge >= 0.3 is 6.18 Å². The van der Waals surface area contributed by atoms with Crippen molar-refractivity contribution >= 4 is 5.69 Å². The van der Waals surface area contributed by atoms with E-state index in [0.29, 0.717) is 12.1 Å². The first kappa shape index (κ1) is 13.8. The second-order valence-electron chi connectivity index (χ2n) is 5.04. The van der Waals surface area contributed by atoms with Crippen molar-refractivity contribution in [3.05, 3.63) is 59.2 Å². The van der Waals surface area contributed by atoms with Crippen LogP contribution in [0, 0.1) is 0 Å². The second-order valence-corrected chi connectivity index (χ2v) is 5.04. The Bertz CT molecular complexity index is 650. The average molecular weight is 293 g/mol. The third-order valence-electron chi connectivity index (χ3n) is 3.71. The van der Waals surface area contributed by atoms with E-state index in [0.717, 1.165) is 22.9 Å². The van der Waals surface area contributed by atoms with Gasteiger partial charge in [0.25, 0.3) is 0 Å². The Labute approximate surface area is 120 Å². The fourth-order valence-electron chi connectivity index (χ4n) is 2.56. The Hall–Kier alpha value is -2.17. The molecule has 2 aromatic rings. The fraction of sp³-hybridized carbons (Fsp3) is 0.250. The van der Waals surface area contributed by atoms with Crippen molar-refractivity contribution in [3.63, 3.8) is 0 Å². The summed E-state index contributed by atoms with van der Waals surface area (Å²) < 4.78 is 43.3. The zero-order valence-corrected chi connectivity index (χ0v) is 11.4. The number of benzene rings is 2. The Morgan fingerprint density at radius 3 is 2.43 bits per heavy atom. The Balaban J connectivity index is 1.83. The number of fused-ring (bicyclic) bond motifs is 1. The monoisotopic (exact) mass is 293 g/mol. The third-order valence-corrected chi connectivity index (χ3v) is 3.71. The number of hydrogen-bond acceptors (Lipinski definition) is 2. The molecule has 0 radical (unpaired) electrons. The molecule has 0 saturated heterocycles. The number of ether oxygens (including phenoxy) is 1. The number of anilines is 1. The summed E-state index contributed by atoms with van der Waals surface area (Å²) in [6.45, 7) is 0. The Morgan fingerprint density at radius 1 is 1.10 bits per heavy atom. The van der Waals surface area contributed by atoms with Crippen LogP contribution < -0.4 is 10.1 Å². The largest absolute Gasteiger partial charge is 0.497 e. The number of rotatable bonds is 2. The van der Waals surface area contributed by atoms with E-state index in [1.165, 1.54) is 6.07 Å². The van der Waals surface area contributed by atoms with Gasteiger partial charge in [-0.2, -0.15) is 13.2 Å². The molecule has 0 fully saturated rings. The molecule has 1 N–H and O–H groups in total. The Morgan fingerprint density at radius 2 is 1.81 bits per heavy atom. The van der Waals surface area contributed by atoms with Gasteiger partial charge in [0.05, 0.1) is 18.7 Å². The molecule has 3 rings (SSSR count). The second kappa shape index (κ2) is 4.98. The highest BCUT2D eigenvalue weighted by molar-refractivity contribution is 5.60. The first-order valence-corrected chi connectivity index (χ1v) is 6.58. The van der Waals surface area contributed by atoms with Crippen molar-refractivity contribution in [2.75, 3.05) is 12.4 Å². The number of nitrogens with one attached hydrogen (secondary N) is 1. The van der Waals surface area contributed by atoms with E-state index >= 15 is 0 Å². The molecule has 1 aliphatic heterocycles. The van der Waals surface area contributed by atoms with Gasteiger partial charge in [0.2, 0.25) is 0 Å². The zero-order chi connectivity index (χ0) is 15.0. The van der Waals surface area contributed by atoms with Gasteiger partial charge < -0.3 is 10.1 Å². The van der Waals surface area contributed by atoms with E-state index in [2.05, 4.69) is 5.32 Å². The maximum Gasteiger partial charge on any atom is 0.416 e. The SMILES string of the molecule is COc1ccc(C2Cc3ccc(C(F)(F)F)cc3N2)cc1. The first-order valence-electron chi connectivity index (χ1n) is 6.58. The van der Waals surface area contributed by atoms with Gasteiger partial charge in [-0.05, 0) is 41.8 Å². The van der Waals surface area contributed by atoms with Crippen molar-refractivity contribution in [2.24, 2.45) is 0 Å². The molecule has 0 spiro atoms. The minimum atomic E-state index is -4.31. The number of hydrogen-bond donors (Lipinski definition) is 1. The normalized spacial score (nSPS) is 17.2. The van der Waals surface area contributed by atoms with Crippen molar-refractivity contribution in [3.8, 4) is 5.75 Å². The lowest BCUT2D eigenvalue weighted by Gasteiger charge is -2.12. The van der Waals surface area contributed by atoms with Crippen molar-refractivity contribution in [1.82, 2.24) is 0 Å². The molecule has 0 aliphatic carbocycles. The van der Waals surface area contributed by atoms with Gasteiger partial charge in [0.1, 0.15) is 5.75 Å². The maximum atomic E-state index is 12.7. The van der Waals surface area contributed by atoms with E-state index in [9.17, 15) is 13.2 Å². The lowest BCUT2D eigenvalue weighted by atomic mass is 10.0. The molecule has 110 valence electrons. The van der Waals surface area contributed by atoms with E-state index in [1.807, 2.05) is 24.3 Å². The fourth-order valence-corrected chi connectivity index (χ4v) is 2.56. The lowest BCUT2D eigenvalue weighted by Crippen LogP contribution is -2.06. The molecule has 2 aromatic carbocycles. The molecular formula is C16H14F3NO. The van der Waals surface area contributed by atoms with Gasteiger partial charge in [-0.3, -0.25) is 0 Å². The predicted octanol–water partition coefficient (Wildman–Crippen LogP) is 4.42. The summed E-state index contributed by atoms with van der Waals surface area (Å²) in [6, 6.07) is 11.4. The summed E-state index contributed by atoms with van der Waals surface area (Å²) in [5, 5.41) is 3.16. The molecule has 0 bridgehead atoms. The lowest BCUT2D eigenvalue weighted by molar-refractivity contribution is -0.137. The number of halogens is 3. The van der Waals surface area contributed by atoms with E-state index in [4.69, 9.17) is 4.74 Å². The van der Waals surface area contributed by atoms with E-state index in [1.54, 1.807) is 13.2 Å². The average Bonchev–Trinajstić information content (AvgIpc) is 2.89. The smallest absolute Gasteiger partial charge is 0.416 e. The molecule has 1 heterocycles. The maximum absolute atomic E-state index is 12.7.